The molecular formula is C11H21NO3S. The zero-order valence-corrected chi connectivity index (χ0v) is 10.5. The van der Waals surface area contributed by atoms with E-state index in [-0.39, 0.29) is 17.9 Å². The van der Waals surface area contributed by atoms with Gasteiger partial charge in [-0.3, -0.25) is 0 Å². The van der Waals surface area contributed by atoms with E-state index in [0.29, 0.717) is 6.54 Å². The van der Waals surface area contributed by atoms with Crippen molar-refractivity contribution in [3.8, 4) is 0 Å². The molecule has 0 spiro atoms. The van der Waals surface area contributed by atoms with Crippen molar-refractivity contribution in [3.63, 3.8) is 0 Å². The Balaban J connectivity index is 2.11. The fourth-order valence-corrected chi connectivity index (χ4v) is 5.16. The normalized spacial score (nSPS) is 29.7. The van der Waals surface area contributed by atoms with Gasteiger partial charge in [-0.05, 0) is 25.7 Å². The summed E-state index contributed by atoms with van der Waals surface area (Å²) >= 11 is 0. The Labute approximate surface area is 97.7 Å². The fraction of sp³-hybridized carbons (Fsp3) is 1.00. The molecule has 1 aliphatic carbocycles. The first-order valence-corrected chi connectivity index (χ1v) is 7.78. The van der Waals surface area contributed by atoms with Gasteiger partial charge in [-0.2, -0.15) is 4.31 Å². The van der Waals surface area contributed by atoms with Gasteiger partial charge >= 0.3 is 0 Å². The number of aliphatic hydroxyl groups excluding tert-OH is 1. The SMILES string of the molecule is O=S(=O)(C1CCCCC1)N1CCC[C@H]1CO. The molecule has 0 unspecified atom stereocenters. The highest BCUT2D eigenvalue weighted by Gasteiger charge is 2.39. The van der Waals surface area contributed by atoms with Gasteiger partial charge in [0.2, 0.25) is 10.0 Å². The first-order valence-electron chi connectivity index (χ1n) is 6.28. The maximum atomic E-state index is 12.4. The lowest BCUT2D eigenvalue weighted by atomic mass is 10.0. The summed E-state index contributed by atoms with van der Waals surface area (Å²) in [5, 5.41) is 9.01. The molecule has 0 aromatic heterocycles. The number of aliphatic hydroxyl groups is 1. The Morgan fingerprint density at radius 2 is 1.75 bits per heavy atom. The largest absolute Gasteiger partial charge is 0.395 e. The van der Waals surface area contributed by atoms with Gasteiger partial charge in [0.05, 0.1) is 11.9 Å². The van der Waals surface area contributed by atoms with Crippen LogP contribution < -0.4 is 0 Å². The van der Waals surface area contributed by atoms with E-state index < -0.39 is 10.0 Å². The molecule has 16 heavy (non-hydrogen) atoms. The van der Waals surface area contributed by atoms with Crippen molar-refractivity contribution in [1.29, 1.82) is 0 Å². The smallest absolute Gasteiger partial charge is 0.217 e. The van der Waals surface area contributed by atoms with Crippen molar-refractivity contribution < 1.29 is 13.5 Å². The lowest BCUT2D eigenvalue weighted by Crippen LogP contribution is -2.43. The fourth-order valence-electron chi connectivity index (χ4n) is 2.88. The molecule has 0 aromatic carbocycles. The van der Waals surface area contributed by atoms with E-state index in [9.17, 15) is 13.5 Å². The molecule has 1 saturated heterocycles. The zero-order chi connectivity index (χ0) is 11.6. The minimum absolute atomic E-state index is 0.0358. The number of hydrogen-bond donors (Lipinski definition) is 1. The Morgan fingerprint density at radius 1 is 1.06 bits per heavy atom. The van der Waals surface area contributed by atoms with Crippen LogP contribution in [0.4, 0.5) is 0 Å². The maximum absolute atomic E-state index is 12.4. The molecule has 0 bridgehead atoms. The van der Waals surface area contributed by atoms with E-state index in [4.69, 9.17) is 0 Å². The lowest BCUT2D eigenvalue weighted by Gasteiger charge is -2.29. The van der Waals surface area contributed by atoms with Crippen molar-refractivity contribution in [2.75, 3.05) is 13.2 Å². The van der Waals surface area contributed by atoms with Gasteiger partial charge in [0.15, 0.2) is 0 Å². The zero-order valence-electron chi connectivity index (χ0n) is 9.64. The summed E-state index contributed by atoms with van der Waals surface area (Å²) in [7, 11) is -3.15. The molecule has 1 aliphatic heterocycles. The molecule has 1 saturated carbocycles. The molecule has 94 valence electrons. The van der Waals surface area contributed by atoms with Gasteiger partial charge in [0.25, 0.3) is 0 Å². The van der Waals surface area contributed by atoms with Crippen LogP contribution in [0.15, 0.2) is 0 Å². The van der Waals surface area contributed by atoms with E-state index in [1.54, 1.807) is 4.31 Å². The van der Waals surface area contributed by atoms with E-state index in [0.717, 1.165) is 44.9 Å². The molecule has 4 nitrogen and oxygen atoms in total. The summed E-state index contributed by atoms with van der Waals surface area (Å²) in [5.41, 5.74) is 0. The highest BCUT2D eigenvalue weighted by molar-refractivity contribution is 7.89. The number of nitrogens with zero attached hydrogens (tertiary/aromatic N) is 1. The molecule has 2 rings (SSSR count). The minimum Gasteiger partial charge on any atom is -0.395 e. The standard InChI is InChI=1S/C11H21NO3S/c13-9-10-5-4-8-12(10)16(14,15)11-6-2-1-3-7-11/h10-11,13H,1-9H2/t10-/m0/s1. The second-order valence-electron chi connectivity index (χ2n) is 4.89. The van der Waals surface area contributed by atoms with Gasteiger partial charge in [-0.1, -0.05) is 19.3 Å². The highest BCUT2D eigenvalue weighted by atomic mass is 32.2. The van der Waals surface area contributed by atoms with Crippen LogP contribution in [-0.2, 0) is 10.0 Å². The first-order chi connectivity index (χ1) is 7.66. The molecule has 2 fully saturated rings. The Bertz CT molecular complexity index is 322. The minimum atomic E-state index is -3.15. The number of sulfonamides is 1. The third kappa shape index (κ3) is 2.26. The Kier molecular flexibility index (Phi) is 3.87. The third-order valence-corrected chi connectivity index (χ3v) is 6.28. The van der Waals surface area contributed by atoms with Crippen molar-refractivity contribution in [2.24, 2.45) is 0 Å². The number of rotatable bonds is 3. The third-order valence-electron chi connectivity index (χ3n) is 3.83. The van der Waals surface area contributed by atoms with Gasteiger partial charge in [-0.15, -0.1) is 0 Å². The molecule has 0 aromatic rings. The van der Waals surface area contributed by atoms with Crippen LogP contribution in [0.1, 0.15) is 44.9 Å². The van der Waals surface area contributed by atoms with Gasteiger partial charge in [0.1, 0.15) is 0 Å². The van der Waals surface area contributed by atoms with Gasteiger partial charge < -0.3 is 5.11 Å². The Morgan fingerprint density at radius 3 is 2.38 bits per heavy atom. The van der Waals surface area contributed by atoms with Crippen molar-refractivity contribution >= 4 is 10.0 Å². The second-order valence-corrected chi connectivity index (χ2v) is 7.06. The quantitative estimate of drug-likeness (QED) is 0.812. The molecule has 1 atom stereocenters. The summed E-state index contributed by atoms with van der Waals surface area (Å²) < 4.78 is 26.3. The average Bonchev–Trinajstić information content (AvgIpc) is 2.79. The number of hydrogen-bond acceptors (Lipinski definition) is 3. The monoisotopic (exact) mass is 247 g/mol. The second kappa shape index (κ2) is 5.02. The van der Waals surface area contributed by atoms with Crippen molar-refractivity contribution in [2.45, 2.75) is 56.2 Å². The molecule has 1 N–H and O–H groups in total. The van der Waals surface area contributed by atoms with Gasteiger partial charge in [0, 0.05) is 12.6 Å². The highest BCUT2D eigenvalue weighted by Crippen LogP contribution is 2.30. The summed E-state index contributed by atoms with van der Waals surface area (Å²) in [5.74, 6) is 0. The van der Waals surface area contributed by atoms with Crippen LogP contribution in [0.25, 0.3) is 0 Å². The first kappa shape index (κ1) is 12.3. The molecule has 1 heterocycles. The predicted molar refractivity (Wildman–Crippen MR) is 62.6 cm³/mol. The molecule has 0 radical (unpaired) electrons. The Hall–Kier alpha value is -0.130. The van der Waals surface area contributed by atoms with Crippen molar-refractivity contribution in [3.05, 3.63) is 0 Å². The van der Waals surface area contributed by atoms with Gasteiger partial charge in [-0.25, -0.2) is 8.42 Å². The van der Waals surface area contributed by atoms with E-state index in [1.807, 2.05) is 0 Å². The van der Waals surface area contributed by atoms with Crippen LogP contribution in [-0.4, -0.2) is 42.3 Å². The maximum Gasteiger partial charge on any atom is 0.217 e. The van der Waals surface area contributed by atoms with E-state index in [2.05, 4.69) is 0 Å². The van der Waals surface area contributed by atoms with Crippen LogP contribution in [0.3, 0.4) is 0 Å². The molecule has 0 amide bonds. The molecule has 5 heteroatoms. The summed E-state index contributed by atoms with van der Waals surface area (Å²) in [6.45, 7) is 0.565. The lowest BCUT2D eigenvalue weighted by molar-refractivity contribution is 0.211. The summed E-state index contributed by atoms with van der Waals surface area (Å²) in [6, 6.07) is -0.160. The summed E-state index contributed by atoms with van der Waals surface area (Å²) in [6.07, 6.45) is 6.52. The topological polar surface area (TPSA) is 57.6 Å². The van der Waals surface area contributed by atoms with E-state index >= 15 is 0 Å². The van der Waals surface area contributed by atoms with Crippen LogP contribution >= 0.6 is 0 Å². The van der Waals surface area contributed by atoms with E-state index in [1.165, 1.54) is 0 Å². The average molecular weight is 247 g/mol. The summed E-state index contributed by atoms with van der Waals surface area (Å²) in [4.78, 5) is 0. The van der Waals surface area contributed by atoms with Crippen LogP contribution in [0.2, 0.25) is 0 Å². The van der Waals surface area contributed by atoms with Crippen LogP contribution in [0, 0.1) is 0 Å². The molecule has 2 aliphatic rings. The predicted octanol–water partition coefficient (Wildman–Crippen LogP) is 1.11. The van der Waals surface area contributed by atoms with Crippen molar-refractivity contribution in [1.82, 2.24) is 4.31 Å². The van der Waals surface area contributed by atoms with Crippen LogP contribution in [0.5, 0.6) is 0 Å². The molecular weight excluding hydrogens is 226 g/mol.